The van der Waals surface area contributed by atoms with Crippen LogP contribution in [0.5, 0.6) is 0 Å². The number of amides is 1. The van der Waals surface area contributed by atoms with Crippen molar-refractivity contribution < 1.29 is 41.4 Å². The van der Waals surface area contributed by atoms with Crippen LogP contribution in [0.3, 0.4) is 0 Å². The number of alkyl halides is 3. The van der Waals surface area contributed by atoms with Gasteiger partial charge in [0.2, 0.25) is 5.91 Å². The first-order chi connectivity index (χ1) is 15.2. The number of nitrogens with one attached hydrogen (secondary N) is 1. The molecular formula is C21H25F3N2O6. The van der Waals surface area contributed by atoms with Crippen LogP contribution in [0.4, 0.5) is 13.2 Å². The van der Waals surface area contributed by atoms with Crippen molar-refractivity contribution in [1.82, 2.24) is 10.2 Å². The summed E-state index contributed by atoms with van der Waals surface area (Å²) in [6.45, 7) is 3.85. The summed E-state index contributed by atoms with van der Waals surface area (Å²) in [5.41, 5.74) is 1.20. The van der Waals surface area contributed by atoms with Gasteiger partial charge in [-0.15, -0.1) is 0 Å². The average molecular weight is 458 g/mol. The summed E-state index contributed by atoms with van der Waals surface area (Å²) in [5.74, 6) is -1.60. The summed E-state index contributed by atoms with van der Waals surface area (Å²) >= 11 is 0. The molecule has 8 nitrogen and oxygen atoms in total. The largest absolute Gasteiger partial charge is 0.490 e. The monoisotopic (exact) mass is 458 g/mol. The fourth-order valence-electron chi connectivity index (χ4n) is 3.90. The molecule has 0 saturated carbocycles. The molecule has 0 spiro atoms. The average Bonchev–Trinajstić information content (AvgIpc) is 3.45. The van der Waals surface area contributed by atoms with E-state index in [4.69, 9.17) is 23.5 Å². The van der Waals surface area contributed by atoms with Crippen molar-refractivity contribution in [3.8, 4) is 0 Å². The van der Waals surface area contributed by atoms with Gasteiger partial charge in [-0.3, -0.25) is 9.69 Å². The number of fused-ring (bicyclic) bond motifs is 1. The number of aliphatic carboxylic acids is 1. The van der Waals surface area contributed by atoms with Crippen molar-refractivity contribution >= 4 is 11.9 Å². The number of carbonyl (C=O) groups excluding carboxylic acids is 1. The van der Waals surface area contributed by atoms with Gasteiger partial charge in [-0.2, -0.15) is 13.2 Å². The Morgan fingerprint density at radius 3 is 2.66 bits per heavy atom. The smallest absolute Gasteiger partial charge is 0.475 e. The Morgan fingerprint density at radius 1 is 1.25 bits per heavy atom. The van der Waals surface area contributed by atoms with Crippen molar-refractivity contribution in [3.05, 3.63) is 48.3 Å². The molecular weight excluding hydrogens is 433 g/mol. The minimum absolute atomic E-state index is 0.0572. The van der Waals surface area contributed by atoms with E-state index >= 15 is 0 Å². The van der Waals surface area contributed by atoms with Crippen LogP contribution in [0, 0.1) is 11.8 Å². The predicted octanol–water partition coefficient (Wildman–Crippen LogP) is 3.05. The molecule has 4 heterocycles. The maximum Gasteiger partial charge on any atom is 0.490 e. The fourth-order valence-corrected chi connectivity index (χ4v) is 3.90. The van der Waals surface area contributed by atoms with Crippen molar-refractivity contribution in [3.63, 3.8) is 0 Å². The molecule has 2 saturated heterocycles. The van der Waals surface area contributed by atoms with E-state index in [2.05, 4.69) is 10.2 Å². The van der Waals surface area contributed by atoms with E-state index in [1.165, 1.54) is 5.56 Å². The van der Waals surface area contributed by atoms with Gasteiger partial charge in [0.25, 0.3) is 0 Å². The van der Waals surface area contributed by atoms with Crippen LogP contribution < -0.4 is 5.32 Å². The number of halogens is 3. The highest BCUT2D eigenvalue weighted by Gasteiger charge is 2.39. The van der Waals surface area contributed by atoms with Crippen LogP contribution in [0.2, 0.25) is 0 Å². The van der Waals surface area contributed by atoms with Gasteiger partial charge >= 0.3 is 12.1 Å². The van der Waals surface area contributed by atoms with Gasteiger partial charge in [0, 0.05) is 25.2 Å². The number of carboxylic acid groups (broad SMARTS) is 1. The summed E-state index contributed by atoms with van der Waals surface area (Å²) < 4.78 is 48.2. The third kappa shape index (κ3) is 6.86. The molecule has 2 aliphatic heterocycles. The van der Waals surface area contributed by atoms with Gasteiger partial charge in [-0.05, 0) is 37.0 Å². The molecule has 2 aliphatic rings. The third-order valence-electron chi connectivity index (χ3n) is 5.46. The van der Waals surface area contributed by atoms with Crippen LogP contribution in [0.15, 0.2) is 45.8 Å². The first-order valence-electron chi connectivity index (χ1n) is 10.2. The van der Waals surface area contributed by atoms with Gasteiger partial charge in [0.15, 0.2) is 0 Å². The number of rotatable bonds is 5. The second-order valence-electron chi connectivity index (χ2n) is 7.82. The van der Waals surface area contributed by atoms with Crippen LogP contribution in [0.1, 0.15) is 24.2 Å². The first-order valence-corrected chi connectivity index (χ1v) is 10.2. The molecule has 2 aromatic rings. The lowest BCUT2D eigenvalue weighted by Gasteiger charge is -2.43. The zero-order chi connectivity index (χ0) is 23.1. The first kappa shape index (κ1) is 23.9. The topological polar surface area (TPSA) is 105 Å². The Bertz CT molecular complexity index is 854. The van der Waals surface area contributed by atoms with E-state index in [9.17, 15) is 18.0 Å². The quantitative estimate of drug-likeness (QED) is 0.710. The number of carbonyl (C=O) groups is 2. The fraction of sp³-hybridized carbons (Fsp3) is 0.524. The lowest BCUT2D eigenvalue weighted by Crippen LogP contribution is -2.50. The number of ether oxygens (including phenoxy) is 1. The summed E-state index contributed by atoms with van der Waals surface area (Å²) in [6, 6.07) is 5.70. The van der Waals surface area contributed by atoms with Crippen LogP contribution >= 0.6 is 0 Å². The van der Waals surface area contributed by atoms with E-state index in [1.54, 1.807) is 18.8 Å². The molecule has 1 amide bonds. The van der Waals surface area contributed by atoms with Gasteiger partial charge in [0.05, 0.1) is 44.0 Å². The van der Waals surface area contributed by atoms with Crippen LogP contribution in [0.25, 0.3) is 0 Å². The van der Waals surface area contributed by atoms with E-state index < -0.39 is 12.1 Å². The second kappa shape index (κ2) is 10.7. The predicted molar refractivity (Wildman–Crippen MR) is 104 cm³/mol. The molecule has 32 heavy (non-hydrogen) atoms. The van der Waals surface area contributed by atoms with Gasteiger partial charge in [-0.1, -0.05) is 0 Å². The molecule has 2 aromatic heterocycles. The van der Waals surface area contributed by atoms with Gasteiger partial charge < -0.3 is 24.0 Å². The van der Waals surface area contributed by atoms with Crippen molar-refractivity contribution in [2.45, 2.75) is 38.2 Å². The van der Waals surface area contributed by atoms with E-state index in [-0.39, 0.29) is 17.9 Å². The normalized spacial score (nSPS) is 23.5. The molecule has 0 bridgehead atoms. The molecule has 11 heteroatoms. The number of hydrogen-bond donors (Lipinski definition) is 2. The van der Waals surface area contributed by atoms with Crippen molar-refractivity contribution in [2.75, 3.05) is 19.7 Å². The Balaban J connectivity index is 0.000000360. The van der Waals surface area contributed by atoms with Gasteiger partial charge in [-0.25, -0.2) is 4.79 Å². The molecule has 0 aromatic carbocycles. The van der Waals surface area contributed by atoms with E-state index in [0.29, 0.717) is 19.1 Å². The molecule has 2 N–H and O–H groups in total. The standard InChI is InChI=1S/C19H24N2O4.C2HF3O2/c22-19(20-9-17-2-1-6-24-17)16-8-15-11-21(5-3-18(15)25-13-16)10-14-4-7-23-12-14;3-2(4,5)1(6)7/h1-2,4,6-7,12,15-16,18H,3,5,8-11,13H2,(H,20,22);(H,6,7)/t15-,16-,18+;/m1./s1. The maximum absolute atomic E-state index is 12.4. The maximum atomic E-state index is 12.4. The zero-order valence-corrected chi connectivity index (χ0v) is 17.2. The van der Waals surface area contributed by atoms with E-state index in [1.807, 2.05) is 18.2 Å². The molecule has 2 fully saturated rings. The third-order valence-corrected chi connectivity index (χ3v) is 5.46. The Hall–Kier alpha value is -2.79. The number of hydrogen-bond acceptors (Lipinski definition) is 6. The number of likely N-dealkylation sites (tertiary alicyclic amines) is 1. The summed E-state index contributed by atoms with van der Waals surface area (Å²) in [6.07, 6.45) is 2.25. The van der Waals surface area contributed by atoms with Crippen LogP contribution in [-0.2, 0) is 27.4 Å². The minimum atomic E-state index is -5.08. The Labute approximate surface area is 182 Å². The molecule has 0 aliphatic carbocycles. The SMILES string of the molecule is O=C(NCc1ccco1)[C@H]1CO[C@H]2CCN(Cc3ccoc3)C[C@H]2C1.O=C(O)C(F)(F)F. The van der Waals surface area contributed by atoms with Crippen molar-refractivity contribution in [2.24, 2.45) is 11.8 Å². The highest BCUT2D eigenvalue weighted by atomic mass is 19.4. The summed E-state index contributed by atoms with van der Waals surface area (Å²) in [4.78, 5) is 23.8. The lowest BCUT2D eigenvalue weighted by atomic mass is 9.83. The second-order valence-corrected chi connectivity index (χ2v) is 7.82. The van der Waals surface area contributed by atoms with Crippen molar-refractivity contribution in [1.29, 1.82) is 0 Å². The van der Waals surface area contributed by atoms with Crippen LogP contribution in [-0.4, -0.2) is 53.9 Å². The minimum Gasteiger partial charge on any atom is -0.475 e. The number of nitrogens with zero attached hydrogens (tertiary/aromatic N) is 1. The summed E-state index contributed by atoms with van der Waals surface area (Å²) in [7, 11) is 0. The Kier molecular flexibility index (Phi) is 7.97. The van der Waals surface area contributed by atoms with Gasteiger partial charge in [0.1, 0.15) is 5.76 Å². The molecule has 4 rings (SSSR count). The highest BCUT2D eigenvalue weighted by molar-refractivity contribution is 5.78. The molecule has 0 radical (unpaired) electrons. The lowest BCUT2D eigenvalue weighted by molar-refractivity contribution is -0.192. The molecule has 176 valence electrons. The summed E-state index contributed by atoms with van der Waals surface area (Å²) in [5, 5.41) is 10.1. The number of piperidine rings is 1. The zero-order valence-electron chi connectivity index (χ0n) is 17.2. The highest BCUT2D eigenvalue weighted by Crippen LogP contribution is 2.32. The number of carboxylic acids is 1. The molecule has 3 atom stereocenters. The molecule has 0 unspecified atom stereocenters. The van der Waals surface area contributed by atoms with E-state index in [0.717, 1.165) is 38.2 Å². The number of furan rings is 2. The Morgan fingerprint density at radius 2 is 2.03 bits per heavy atom.